The van der Waals surface area contributed by atoms with Gasteiger partial charge in [-0.2, -0.15) is 13.2 Å². The summed E-state index contributed by atoms with van der Waals surface area (Å²) in [7, 11) is 0. The van der Waals surface area contributed by atoms with Gasteiger partial charge in [-0.15, -0.1) is 0 Å². The Morgan fingerprint density at radius 1 is 0.964 bits per heavy atom. The van der Waals surface area contributed by atoms with E-state index in [4.69, 9.17) is 0 Å². The molecule has 1 heterocycles. The van der Waals surface area contributed by atoms with Gasteiger partial charge in [-0.05, 0) is 35.9 Å². The van der Waals surface area contributed by atoms with Crippen molar-refractivity contribution in [2.75, 3.05) is 17.2 Å². The van der Waals surface area contributed by atoms with Gasteiger partial charge >= 0.3 is 6.18 Å². The van der Waals surface area contributed by atoms with Crippen LogP contribution in [0.1, 0.15) is 21.5 Å². The molecule has 28 heavy (non-hydrogen) atoms. The van der Waals surface area contributed by atoms with Gasteiger partial charge in [-0.3, -0.25) is 10.1 Å². The summed E-state index contributed by atoms with van der Waals surface area (Å²) in [5.41, 5.74) is 0.735. The number of anilines is 2. The van der Waals surface area contributed by atoms with Crippen LogP contribution in [-0.2, 0) is 12.6 Å². The maximum Gasteiger partial charge on any atom is 0.416 e. The Labute approximate surface area is 160 Å². The van der Waals surface area contributed by atoms with Crippen molar-refractivity contribution in [3.05, 3.63) is 89.6 Å². The van der Waals surface area contributed by atoms with Gasteiger partial charge in [0.15, 0.2) is 0 Å². The number of hydrogen-bond acceptors (Lipinski definition) is 2. The van der Waals surface area contributed by atoms with Crippen LogP contribution in [0, 0.1) is 0 Å². The quantitative estimate of drug-likeness (QED) is 0.659. The zero-order chi connectivity index (χ0) is 20.0. The van der Waals surface area contributed by atoms with Crippen molar-refractivity contribution < 1.29 is 22.9 Å². The number of alkyl halides is 3. The van der Waals surface area contributed by atoms with E-state index >= 15 is 0 Å². The number of aromatic amines is 1. The molecule has 0 spiro atoms. The highest BCUT2D eigenvalue weighted by Gasteiger charge is 2.30. The average molecular weight is 386 g/mol. The number of rotatable bonds is 6. The minimum atomic E-state index is -4.47. The lowest BCUT2D eigenvalue weighted by molar-refractivity contribution is -0.361. The summed E-state index contributed by atoms with van der Waals surface area (Å²) in [6.45, 7) is 0.592. The first-order valence-electron chi connectivity index (χ1n) is 8.70. The Bertz CT molecular complexity index is 943. The van der Waals surface area contributed by atoms with Gasteiger partial charge in [0.2, 0.25) is 0 Å². The van der Waals surface area contributed by atoms with Crippen LogP contribution in [0.3, 0.4) is 0 Å². The molecule has 3 aromatic rings. The van der Waals surface area contributed by atoms with Crippen molar-refractivity contribution in [1.29, 1.82) is 0 Å². The molecule has 0 atom stereocenters. The second-order valence-electron chi connectivity index (χ2n) is 6.15. The first-order chi connectivity index (χ1) is 13.4. The molecule has 0 unspecified atom stereocenters. The maximum absolute atomic E-state index is 12.8. The van der Waals surface area contributed by atoms with E-state index in [9.17, 15) is 18.0 Å². The van der Waals surface area contributed by atoms with Crippen LogP contribution in [0.5, 0.6) is 0 Å². The average Bonchev–Trinajstić information content (AvgIpc) is 2.69. The largest absolute Gasteiger partial charge is 0.416 e. The molecule has 1 amide bonds. The summed E-state index contributed by atoms with van der Waals surface area (Å²) >= 11 is 0. The van der Waals surface area contributed by atoms with Crippen molar-refractivity contribution in [3.63, 3.8) is 0 Å². The van der Waals surface area contributed by atoms with Gasteiger partial charge in [-0.25, -0.2) is 4.98 Å². The fourth-order valence-corrected chi connectivity index (χ4v) is 2.72. The highest BCUT2D eigenvalue weighted by Crippen LogP contribution is 2.30. The third kappa shape index (κ3) is 5.09. The Kier molecular flexibility index (Phi) is 5.93. The summed E-state index contributed by atoms with van der Waals surface area (Å²) in [5, 5.41) is 5.69. The molecule has 0 fully saturated rings. The number of carbonyl (C=O) groups excluding carboxylic acids is 1. The first kappa shape index (κ1) is 19.4. The Morgan fingerprint density at radius 3 is 2.50 bits per heavy atom. The zero-order valence-corrected chi connectivity index (χ0v) is 14.9. The maximum atomic E-state index is 12.8. The molecule has 3 N–H and O–H groups in total. The number of aromatic nitrogens is 1. The fraction of sp³-hybridized carbons (Fsp3) is 0.143. The zero-order valence-electron chi connectivity index (χ0n) is 14.9. The number of halogens is 3. The van der Waals surface area contributed by atoms with Crippen LogP contribution < -0.4 is 15.6 Å². The molecule has 1 aromatic heterocycles. The van der Waals surface area contributed by atoms with Crippen LogP contribution in [0.25, 0.3) is 0 Å². The van der Waals surface area contributed by atoms with Crippen molar-refractivity contribution in [3.8, 4) is 0 Å². The smallest absolute Gasteiger partial charge is 0.322 e. The third-order valence-corrected chi connectivity index (χ3v) is 4.11. The van der Waals surface area contributed by atoms with Crippen LogP contribution in [-0.4, -0.2) is 12.5 Å². The molecule has 144 valence electrons. The van der Waals surface area contributed by atoms with Gasteiger partial charge in [0.25, 0.3) is 11.7 Å². The van der Waals surface area contributed by atoms with E-state index in [-0.39, 0.29) is 5.69 Å². The molecular weight excluding hydrogens is 367 g/mol. The number of carbonyl (C=O) groups is 1. The lowest BCUT2D eigenvalue weighted by Crippen LogP contribution is -2.22. The van der Waals surface area contributed by atoms with Crippen molar-refractivity contribution in [2.45, 2.75) is 12.6 Å². The van der Waals surface area contributed by atoms with Crippen LogP contribution >= 0.6 is 0 Å². The summed E-state index contributed by atoms with van der Waals surface area (Å²) in [6, 6.07) is 17.7. The lowest BCUT2D eigenvalue weighted by atomic mass is 10.1. The van der Waals surface area contributed by atoms with E-state index in [1.54, 1.807) is 18.3 Å². The monoisotopic (exact) mass is 386 g/mol. The minimum absolute atomic E-state index is 0.0823. The molecule has 3 rings (SSSR count). The number of benzene rings is 2. The van der Waals surface area contributed by atoms with Gasteiger partial charge in [0.1, 0.15) is 5.56 Å². The van der Waals surface area contributed by atoms with Crippen molar-refractivity contribution in [2.24, 2.45) is 0 Å². The molecule has 0 radical (unpaired) electrons. The molecule has 0 saturated heterocycles. The molecular formula is C21H19F3N3O+. The highest BCUT2D eigenvalue weighted by molar-refractivity contribution is 6.07. The Morgan fingerprint density at radius 2 is 1.75 bits per heavy atom. The molecule has 0 aliphatic carbocycles. The van der Waals surface area contributed by atoms with Crippen LogP contribution in [0.4, 0.5) is 24.7 Å². The number of nitrogens with one attached hydrogen (secondary N) is 3. The second-order valence-corrected chi connectivity index (χ2v) is 6.15. The summed E-state index contributed by atoms with van der Waals surface area (Å²) in [5.74, 6) is 0.00120. The van der Waals surface area contributed by atoms with Gasteiger partial charge in [-0.1, -0.05) is 36.4 Å². The molecule has 4 nitrogen and oxygen atoms in total. The Balaban J connectivity index is 1.69. The highest BCUT2D eigenvalue weighted by atomic mass is 19.4. The Hall–Kier alpha value is -3.35. The predicted octanol–water partition coefficient (Wildman–Crippen LogP) is 4.43. The lowest BCUT2D eigenvalue weighted by Gasteiger charge is -2.10. The first-order valence-corrected chi connectivity index (χ1v) is 8.70. The van der Waals surface area contributed by atoms with Crippen LogP contribution in [0.2, 0.25) is 0 Å². The van der Waals surface area contributed by atoms with Gasteiger partial charge < -0.3 is 5.32 Å². The fourth-order valence-electron chi connectivity index (χ4n) is 2.72. The van der Waals surface area contributed by atoms with Gasteiger partial charge in [0.05, 0.1) is 18.3 Å². The topological polar surface area (TPSA) is 55.3 Å². The second kappa shape index (κ2) is 8.56. The molecule has 0 bridgehead atoms. The molecule has 2 aromatic carbocycles. The van der Waals surface area contributed by atoms with E-state index in [0.717, 1.165) is 24.1 Å². The molecule has 7 heteroatoms. The third-order valence-electron chi connectivity index (χ3n) is 4.11. The summed E-state index contributed by atoms with van der Waals surface area (Å²) in [4.78, 5) is 15.6. The van der Waals surface area contributed by atoms with Crippen LogP contribution in [0.15, 0.2) is 72.9 Å². The summed E-state index contributed by atoms with van der Waals surface area (Å²) < 4.78 is 38.5. The SMILES string of the molecule is O=C(Nc1cccc(C(F)(F)F)c1)c1ccc[nH+]c1NCCc1ccccc1. The predicted molar refractivity (Wildman–Crippen MR) is 101 cm³/mol. The summed E-state index contributed by atoms with van der Waals surface area (Å²) in [6.07, 6.45) is -2.03. The van der Waals surface area contributed by atoms with E-state index in [2.05, 4.69) is 15.6 Å². The molecule has 0 aliphatic rings. The molecule has 0 aliphatic heterocycles. The van der Waals surface area contributed by atoms with E-state index in [0.29, 0.717) is 17.9 Å². The number of amides is 1. The number of pyridine rings is 1. The van der Waals surface area contributed by atoms with Crippen molar-refractivity contribution >= 4 is 17.4 Å². The van der Waals surface area contributed by atoms with E-state index in [1.807, 2.05) is 30.3 Å². The normalized spacial score (nSPS) is 11.1. The van der Waals surface area contributed by atoms with Gasteiger partial charge in [0, 0.05) is 12.1 Å². The van der Waals surface area contributed by atoms with E-state index < -0.39 is 17.6 Å². The van der Waals surface area contributed by atoms with E-state index in [1.165, 1.54) is 12.1 Å². The standard InChI is InChI=1S/C21H18F3N3O/c22-21(23,24)16-8-4-9-17(14-16)27-20(28)18-10-5-12-25-19(18)26-13-11-15-6-2-1-3-7-15/h1-10,12,14H,11,13H2,(H,25,26)(H,27,28)/p+1. The number of hydrogen-bond donors (Lipinski definition) is 2. The minimum Gasteiger partial charge on any atom is -0.322 e. The van der Waals surface area contributed by atoms with Crippen molar-refractivity contribution in [1.82, 2.24) is 0 Å². The molecule has 0 saturated carbocycles. The number of H-pyrrole nitrogens is 1.